The minimum Gasteiger partial charge on any atom is -0.481 e. The van der Waals surface area contributed by atoms with Gasteiger partial charge in [0.1, 0.15) is 0 Å². The molecule has 0 rings (SSSR count). The molecule has 0 heterocycles. The fourth-order valence-electron chi connectivity index (χ4n) is 0.311. The minimum absolute atomic E-state index is 0.199. The van der Waals surface area contributed by atoms with Crippen LogP contribution in [0.1, 0.15) is 6.92 Å². The first kappa shape index (κ1) is 8.56. The van der Waals surface area contributed by atoms with Crippen molar-refractivity contribution in [2.24, 2.45) is 0 Å². The van der Waals surface area contributed by atoms with Gasteiger partial charge in [0.05, 0.1) is 5.75 Å². The molecule has 0 radical (unpaired) electrons. The van der Waals surface area contributed by atoms with Crippen molar-refractivity contribution in [1.82, 2.24) is 0 Å². The second-order valence-corrected chi connectivity index (χ2v) is 2.51. The van der Waals surface area contributed by atoms with Crippen LogP contribution in [0, 0.1) is 0 Å². The van der Waals surface area contributed by atoms with Crippen LogP contribution in [0.3, 0.4) is 0 Å². The number of carboxylic acids is 1. The van der Waals surface area contributed by atoms with Crippen molar-refractivity contribution in [1.29, 1.82) is 0 Å². The fraction of sp³-hybridized carbons (Fsp3) is 0.500. The van der Waals surface area contributed by atoms with Crippen LogP contribution in [0.4, 0.5) is 0 Å². The number of carboxylic acid groups (broad SMARTS) is 1. The highest BCUT2D eigenvalue weighted by Crippen LogP contribution is 1.98. The first-order chi connectivity index (χ1) is 4.27. The topological polar surface area (TPSA) is 37.3 Å². The summed E-state index contributed by atoms with van der Waals surface area (Å²) in [6.07, 6.45) is 3.85. The summed E-state index contributed by atoms with van der Waals surface area (Å²) in [5.41, 5.74) is 0. The number of carbonyl (C=O) groups is 1. The summed E-state index contributed by atoms with van der Waals surface area (Å²) in [5.74, 6) is 0.247. The molecule has 52 valence electrons. The SMILES string of the molecule is CC=CCSCC(=O)O. The van der Waals surface area contributed by atoms with E-state index in [-0.39, 0.29) is 5.75 Å². The van der Waals surface area contributed by atoms with Crippen molar-refractivity contribution in [3.05, 3.63) is 12.2 Å². The summed E-state index contributed by atoms with van der Waals surface area (Å²) in [6, 6.07) is 0. The lowest BCUT2D eigenvalue weighted by atomic mass is 10.6. The Morgan fingerprint density at radius 2 is 2.44 bits per heavy atom. The van der Waals surface area contributed by atoms with E-state index >= 15 is 0 Å². The Morgan fingerprint density at radius 3 is 2.89 bits per heavy atom. The number of allylic oxidation sites excluding steroid dienone is 1. The summed E-state index contributed by atoms with van der Waals surface area (Å²) in [6.45, 7) is 1.92. The van der Waals surface area contributed by atoms with Crippen LogP contribution in [0.15, 0.2) is 12.2 Å². The van der Waals surface area contributed by atoms with Crippen LogP contribution in [-0.2, 0) is 4.79 Å². The zero-order valence-corrected chi connectivity index (χ0v) is 6.15. The highest BCUT2D eigenvalue weighted by molar-refractivity contribution is 8.00. The number of aliphatic carboxylic acids is 1. The summed E-state index contributed by atoms with van der Waals surface area (Å²) >= 11 is 1.40. The highest BCUT2D eigenvalue weighted by atomic mass is 32.2. The molecule has 0 atom stereocenters. The van der Waals surface area contributed by atoms with Crippen molar-refractivity contribution in [2.75, 3.05) is 11.5 Å². The van der Waals surface area contributed by atoms with E-state index in [4.69, 9.17) is 5.11 Å². The molecule has 0 spiro atoms. The molecular weight excluding hydrogens is 136 g/mol. The van der Waals surface area contributed by atoms with Crippen molar-refractivity contribution in [3.63, 3.8) is 0 Å². The molecule has 0 amide bonds. The van der Waals surface area contributed by atoms with E-state index in [1.807, 2.05) is 19.1 Å². The third kappa shape index (κ3) is 7.56. The second kappa shape index (κ2) is 5.69. The average Bonchev–Trinajstić information content (AvgIpc) is 1.80. The Bertz CT molecular complexity index is 110. The van der Waals surface area contributed by atoms with Gasteiger partial charge in [-0.15, -0.1) is 11.8 Å². The third-order valence-corrected chi connectivity index (χ3v) is 1.55. The van der Waals surface area contributed by atoms with Crippen LogP contribution < -0.4 is 0 Å². The molecule has 1 N–H and O–H groups in total. The quantitative estimate of drug-likeness (QED) is 0.481. The molecule has 0 aliphatic carbocycles. The van der Waals surface area contributed by atoms with Crippen LogP contribution in [0.5, 0.6) is 0 Å². The van der Waals surface area contributed by atoms with Crippen LogP contribution in [-0.4, -0.2) is 22.6 Å². The maximum absolute atomic E-state index is 9.92. The van der Waals surface area contributed by atoms with Gasteiger partial charge in [-0.3, -0.25) is 4.79 Å². The lowest BCUT2D eigenvalue weighted by molar-refractivity contribution is -0.133. The number of hydrogen-bond acceptors (Lipinski definition) is 2. The van der Waals surface area contributed by atoms with Gasteiger partial charge in [0.25, 0.3) is 0 Å². The van der Waals surface area contributed by atoms with Crippen molar-refractivity contribution in [2.45, 2.75) is 6.92 Å². The second-order valence-electron chi connectivity index (χ2n) is 1.48. The van der Waals surface area contributed by atoms with Gasteiger partial charge in [-0.25, -0.2) is 0 Å². The molecule has 0 aromatic carbocycles. The monoisotopic (exact) mass is 146 g/mol. The fourth-order valence-corrected chi connectivity index (χ4v) is 0.932. The lowest BCUT2D eigenvalue weighted by Crippen LogP contribution is -1.97. The van der Waals surface area contributed by atoms with E-state index in [1.54, 1.807) is 0 Å². The molecule has 0 saturated heterocycles. The Kier molecular flexibility index (Phi) is 5.41. The van der Waals surface area contributed by atoms with Gasteiger partial charge >= 0.3 is 5.97 Å². The molecule has 0 aliphatic rings. The maximum atomic E-state index is 9.92. The van der Waals surface area contributed by atoms with E-state index in [0.29, 0.717) is 0 Å². The Hall–Kier alpha value is -0.440. The highest BCUT2D eigenvalue weighted by Gasteiger charge is 1.92. The van der Waals surface area contributed by atoms with Crippen LogP contribution in [0.2, 0.25) is 0 Å². The summed E-state index contributed by atoms with van der Waals surface area (Å²) in [5, 5.41) is 8.17. The van der Waals surface area contributed by atoms with Gasteiger partial charge in [0, 0.05) is 5.75 Å². The van der Waals surface area contributed by atoms with E-state index in [2.05, 4.69) is 0 Å². The van der Waals surface area contributed by atoms with Crippen LogP contribution in [0.25, 0.3) is 0 Å². The van der Waals surface area contributed by atoms with Crippen molar-refractivity contribution >= 4 is 17.7 Å². The molecule has 0 fully saturated rings. The van der Waals surface area contributed by atoms with Gasteiger partial charge in [-0.1, -0.05) is 12.2 Å². The minimum atomic E-state index is -0.746. The average molecular weight is 146 g/mol. The van der Waals surface area contributed by atoms with E-state index in [0.717, 1.165) is 5.75 Å². The molecule has 0 aliphatic heterocycles. The number of thioether (sulfide) groups is 1. The van der Waals surface area contributed by atoms with Gasteiger partial charge in [-0.05, 0) is 6.92 Å². The third-order valence-electron chi connectivity index (χ3n) is 0.675. The van der Waals surface area contributed by atoms with Gasteiger partial charge in [-0.2, -0.15) is 0 Å². The smallest absolute Gasteiger partial charge is 0.313 e. The van der Waals surface area contributed by atoms with E-state index in [9.17, 15) is 4.79 Å². The largest absolute Gasteiger partial charge is 0.481 e. The van der Waals surface area contributed by atoms with Gasteiger partial charge in [0.15, 0.2) is 0 Å². The van der Waals surface area contributed by atoms with Crippen LogP contribution >= 0.6 is 11.8 Å². The maximum Gasteiger partial charge on any atom is 0.313 e. The summed E-state index contributed by atoms with van der Waals surface area (Å²) in [7, 11) is 0. The molecule has 0 unspecified atom stereocenters. The van der Waals surface area contributed by atoms with Gasteiger partial charge in [0.2, 0.25) is 0 Å². The molecular formula is C6H10O2S. The molecule has 0 aromatic rings. The predicted molar refractivity (Wildman–Crippen MR) is 39.8 cm³/mol. The lowest BCUT2D eigenvalue weighted by Gasteiger charge is -1.88. The molecule has 0 bridgehead atoms. The van der Waals surface area contributed by atoms with Gasteiger partial charge < -0.3 is 5.11 Å². The van der Waals surface area contributed by atoms with E-state index in [1.165, 1.54) is 11.8 Å². The molecule has 0 saturated carbocycles. The summed E-state index contributed by atoms with van der Waals surface area (Å²) in [4.78, 5) is 9.92. The normalized spacial score (nSPS) is 10.3. The van der Waals surface area contributed by atoms with E-state index < -0.39 is 5.97 Å². The molecule has 9 heavy (non-hydrogen) atoms. The zero-order chi connectivity index (χ0) is 7.11. The predicted octanol–water partition coefficient (Wildman–Crippen LogP) is 1.38. The molecule has 2 nitrogen and oxygen atoms in total. The Labute approximate surface area is 59.0 Å². The Balaban J connectivity index is 3.01. The zero-order valence-electron chi connectivity index (χ0n) is 5.33. The standard InChI is InChI=1S/C6H10O2S/c1-2-3-4-9-5-6(7)8/h2-3H,4-5H2,1H3,(H,7,8). The van der Waals surface area contributed by atoms with Crippen molar-refractivity contribution < 1.29 is 9.90 Å². The molecule has 3 heteroatoms. The first-order valence-corrected chi connectivity index (χ1v) is 3.83. The number of hydrogen-bond donors (Lipinski definition) is 1. The first-order valence-electron chi connectivity index (χ1n) is 2.68. The summed E-state index contributed by atoms with van der Waals surface area (Å²) < 4.78 is 0. The Morgan fingerprint density at radius 1 is 1.78 bits per heavy atom. The van der Waals surface area contributed by atoms with Crippen molar-refractivity contribution in [3.8, 4) is 0 Å². The molecule has 0 aromatic heterocycles. The number of rotatable bonds is 4.